The summed E-state index contributed by atoms with van der Waals surface area (Å²) in [5, 5.41) is 14.5. The van der Waals surface area contributed by atoms with E-state index in [0.717, 1.165) is 11.1 Å². The van der Waals surface area contributed by atoms with E-state index in [1.165, 1.54) is 27.4 Å². The molecule has 0 saturated heterocycles. The number of carboxylic acids is 1. The molecule has 3 aromatic carbocycles. The molecule has 1 aliphatic carbocycles. The molecule has 0 aliphatic heterocycles. The van der Waals surface area contributed by atoms with E-state index >= 15 is 0 Å². The standard InChI is InChI=1S/C29H28N2O8/c1-37-23-12-16(13-24(38-2)27(23)39-3)15-30-29(36)22(10-11-25(32)33)31-28(35)17-8-9-19-18-6-4-5-7-20(18)26(34)21(19)14-17/h4-9,12-14,22H,10-11,15H2,1-3H3,(H,30,36)(H,31,35)(H,32,33)/t22-/m0/s1. The molecule has 0 unspecified atom stereocenters. The Bertz CT molecular complexity index is 1420. The Balaban J connectivity index is 1.50. The third kappa shape index (κ3) is 5.69. The van der Waals surface area contributed by atoms with E-state index in [0.29, 0.717) is 33.9 Å². The number of methoxy groups -OCH3 is 3. The van der Waals surface area contributed by atoms with Crippen LogP contribution in [0.4, 0.5) is 0 Å². The van der Waals surface area contributed by atoms with Crippen LogP contribution in [0.3, 0.4) is 0 Å². The molecule has 10 heteroatoms. The highest BCUT2D eigenvalue weighted by molar-refractivity contribution is 6.22. The van der Waals surface area contributed by atoms with Crippen molar-refractivity contribution in [2.45, 2.75) is 25.4 Å². The number of nitrogens with one attached hydrogen (secondary N) is 2. The molecular formula is C29H28N2O8. The molecule has 4 rings (SSSR count). The van der Waals surface area contributed by atoms with Gasteiger partial charge in [-0.05, 0) is 47.4 Å². The average molecular weight is 533 g/mol. The lowest BCUT2D eigenvalue weighted by atomic mass is 10.0. The minimum Gasteiger partial charge on any atom is -0.493 e. The predicted octanol–water partition coefficient (Wildman–Crippen LogP) is 3.20. The van der Waals surface area contributed by atoms with Crippen molar-refractivity contribution in [3.8, 4) is 28.4 Å². The molecule has 10 nitrogen and oxygen atoms in total. The van der Waals surface area contributed by atoms with Crippen molar-refractivity contribution in [2.24, 2.45) is 0 Å². The Morgan fingerprint density at radius 1 is 0.846 bits per heavy atom. The minimum absolute atomic E-state index is 0.0561. The number of rotatable bonds is 11. The lowest BCUT2D eigenvalue weighted by Gasteiger charge is -2.19. The van der Waals surface area contributed by atoms with Crippen LogP contribution in [0.15, 0.2) is 54.6 Å². The number of carbonyl (C=O) groups excluding carboxylic acids is 3. The summed E-state index contributed by atoms with van der Waals surface area (Å²) >= 11 is 0. The van der Waals surface area contributed by atoms with E-state index in [4.69, 9.17) is 19.3 Å². The van der Waals surface area contributed by atoms with E-state index < -0.39 is 23.8 Å². The number of aliphatic carboxylic acids is 1. The average Bonchev–Trinajstić information content (AvgIpc) is 3.24. The normalized spacial score (nSPS) is 12.1. The van der Waals surface area contributed by atoms with Crippen LogP contribution in [0.5, 0.6) is 17.2 Å². The number of benzene rings is 3. The highest BCUT2D eigenvalue weighted by Gasteiger charge is 2.28. The fourth-order valence-corrected chi connectivity index (χ4v) is 4.50. The van der Waals surface area contributed by atoms with Crippen LogP contribution in [-0.2, 0) is 16.1 Å². The van der Waals surface area contributed by atoms with Gasteiger partial charge in [0.25, 0.3) is 5.91 Å². The molecule has 3 aromatic rings. The van der Waals surface area contributed by atoms with Gasteiger partial charge < -0.3 is 30.0 Å². The van der Waals surface area contributed by atoms with Crippen molar-refractivity contribution in [1.29, 1.82) is 0 Å². The number of ether oxygens (including phenoxy) is 3. The fraction of sp³-hybridized carbons (Fsp3) is 0.241. The fourth-order valence-electron chi connectivity index (χ4n) is 4.50. The molecule has 2 amide bonds. The van der Waals surface area contributed by atoms with Crippen molar-refractivity contribution in [1.82, 2.24) is 10.6 Å². The Hall–Kier alpha value is -4.86. The Morgan fingerprint density at radius 2 is 1.49 bits per heavy atom. The largest absolute Gasteiger partial charge is 0.493 e. The van der Waals surface area contributed by atoms with Crippen LogP contribution < -0.4 is 24.8 Å². The molecule has 0 radical (unpaired) electrons. The van der Waals surface area contributed by atoms with Gasteiger partial charge in [0.05, 0.1) is 21.3 Å². The highest BCUT2D eigenvalue weighted by Crippen LogP contribution is 2.38. The maximum Gasteiger partial charge on any atom is 0.303 e. The van der Waals surface area contributed by atoms with Gasteiger partial charge in [-0.2, -0.15) is 0 Å². The summed E-state index contributed by atoms with van der Waals surface area (Å²) in [4.78, 5) is 50.2. The minimum atomic E-state index is -1.13. The first-order valence-corrected chi connectivity index (χ1v) is 12.1. The quantitative estimate of drug-likeness (QED) is 0.268. The number of hydrogen-bond donors (Lipinski definition) is 3. The third-order valence-electron chi connectivity index (χ3n) is 6.45. The van der Waals surface area contributed by atoms with Gasteiger partial charge >= 0.3 is 5.97 Å². The Morgan fingerprint density at radius 3 is 2.10 bits per heavy atom. The Labute approximate surface area is 224 Å². The number of fused-ring (bicyclic) bond motifs is 3. The molecule has 202 valence electrons. The first kappa shape index (κ1) is 27.2. The molecule has 0 bridgehead atoms. The molecule has 0 saturated carbocycles. The second-order valence-corrected chi connectivity index (χ2v) is 8.84. The van der Waals surface area contributed by atoms with Gasteiger partial charge in [-0.3, -0.25) is 19.2 Å². The lowest BCUT2D eigenvalue weighted by Crippen LogP contribution is -2.46. The van der Waals surface area contributed by atoms with Crippen molar-refractivity contribution in [3.05, 3.63) is 76.9 Å². The summed E-state index contributed by atoms with van der Waals surface area (Å²) in [6, 6.07) is 14.2. The maximum absolute atomic E-state index is 13.1. The van der Waals surface area contributed by atoms with Gasteiger partial charge in [0, 0.05) is 29.7 Å². The molecule has 3 N–H and O–H groups in total. The molecule has 0 heterocycles. The SMILES string of the molecule is COc1cc(CNC(=O)[C@H](CCC(=O)O)NC(=O)c2ccc3c(c2)C(=O)c2ccccc2-3)cc(OC)c1OC. The molecule has 1 atom stereocenters. The van der Waals surface area contributed by atoms with E-state index in [1.807, 2.05) is 12.1 Å². The topological polar surface area (TPSA) is 140 Å². The summed E-state index contributed by atoms with van der Waals surface area (Å²) in [7, 11) is 4.43. The number of hydrogen-bond acceptors (Lipinski definition) is 7. The zero-order chi connectivity index (χ0) is 28.1. The second-order valence-electron chi connectivity index (χ2n) is 8.84. The summed E-state index contributed by atoms with van der Waals surface area (Å²) in [5.74, 6) is -1.23. The first-order chi connectivity index (χ1) is 18.8. The van der Waals surface area contributed by atoms with Gasteiger partial charge in [-0.25, -0.2) is 0 Å². The van der Waals surface area contributed by atoms with Crippen molar-refractivity contribution in [3.63, 3.8) is 0 Å². The molecule has 0 spiro atoms. The van der Waals surface area contributed by atoms with Gasteiger partial charge in [0.15, 0.2) is 17.3 Å². The lowest BCUT2D eigenvalue weighted by molar-refractivity contribution is -0.137. The van der Waals surface area contributed by atoms with Crippen LogP contribution in [0.25, 0.3) is 11.1 Å². The second kappa shape index (κ2) is 11.7. The summed E-state index contributed by atoms with van der Waals surface area (Å²) < 4.78 is 16.0. The van der Waals surface area contributed by atoms with Crippen LogP contribution in [-0.4, -0.2) is 56.0 Å². The summed E-state index contributed by atoms with van der Waals surface area (Å²) in [6.07, 6.45) is -0.460. The smallest absolute Gasteiger partial charge is 0.303 e. The number of carboxylic acid groups (broad SMARTS) is 1. The van der Waals surface area contributed by atoms with E-state index in [2.05, 4.69) is 10.6 Å². The molecule has 0 fully saturated rings. The van der Waals surface area contributed by atoms with Gasteiger partial charge in [-0.1, -0.05) is 30.3 Å². The molecule has 0 aromatic heterocycles. The number of ketones is 1. The molecule has 1 aliphatic rings. The summed E-state index contributed by atoms with van der Waals surface area (Å²) in [5.41, 5.74) is 3.33. The van der Waals surface area contributed by atoms with E-state index in [-0.39, 0.29) is 30.7 Å². The van der Waals surface area contributed by atoms with Gasteiger partial charge in [0.1, 0.15) is 6.04 Å². The Kier molecular flexibility index (Phi) is 8.14. The van der Waals surface area contributed by atoms with Crippen LogP contribution in [0, 0.1) is 0 Å². The van der Waals surface area contributed by atoms with Crippen molar-refractivity contribution < 1.29 is 38.5 Å². The van der Waals surface area contributed by atoms with Crippen LogP contribution in [0.2, 0.25) is 0 Å². The summed E-state index contributed by atoms with van der Waals surface area (Å²) in [6.45, 7) is 0.0561. The van der Waals surface area contributed by atoms with Crippen molar-refractivity contribution >= 4 is 23.6 Å². The highest BCUT2D eigenvalue weighted by atomic mass is 16.5. The van der Waals surface area contributed by atoms with Gasteiger partial charge in [-0.15, -0.1) is 0 Å². The number of amides is 2. The first-order valence-electron chi connectivity index (χ1n) is 12.1. The zero-order valence-corrected chi connectivity index (χ0v) is 21.7. The number of carbonyl (C=O) groups is 4. The van der Waals surface area contributed by atoms with E-state index in [9.17, 15) is 19.2 Å². The van der Waals surface area contributed by atoms with Gasteiger partial charge in [0.2, 0.25) is 11.7 Å². The van der Waals surface area contributed by atoms with E-state index in [1.54, 1.807) is 36.4 Å². The van der Waals surface area contributed by atoms with Crippen LogP contribution in [0.1, 0.15) is 44.7 Å². The monoisotopic (exact) mass is 532 g/mol. The molecular weight excluding hydrogens is 504 g/mol. The predicted molar refractivity (Wildman–Crippen MR) is 141 cm³/mol. The zero-order valence-electron chi connectivity index (χ0n) is 21.7. The third-order valence-corrected chi connectivity index (χ3v) is 6.45. The van der Waals surface area contributed by atoms with Crippen LogP contribution >= 0.6 is 0 Å². The molecule has 39 heavy (non-hydrogen) atoms. The van der Waals surface area contributed by atoms with Crippen molar-refractivity contribution in [2.75, 3.05) is 21.3 Å². The maximum atomic E-state index is 13.1.